The molecule has 0 aromatic heterocycles. The molecule has 0 heterocycles. The Hall–Kier alpha value is -0.710. The zero-order chi connectivity index (χ0) is 12.0. The monoisotopic (exact) mass is 258 g/mol. The molecule has 1 rings (SSSR count). The van der Waals surface area contributed by atoms with Gasteiger partial charge >= 0.3 is 0 Å². The Morgan fingerprint density at radius 2 is 2.12 bits per heavy atom. The molecule has 88 valence electrons. The van der Waals surface area contributed by atoms with Crippen molar-refractivity contribution in [1.29, 1.82) is 0 Å². The van der Waals surface area contributed by atoms with E-state index in [1.165, 1.54) is 0 Å². The van der Waals surface area contributed by atoms with Crippen molar-refractivity contribution in [3.63, 3.8) is 0 Å². The molecule has 0 aliphatic carbocycles. The number of benzene rings is 1. The summed E-state index contributed by atoms with van der Waals surface area (Å²) in [6.45, 7) is 1.97. The lowest BCUT2D eigenvalue weighted by Crippen LogP contribution is -2.37. The molecule has 0 saturated carbocycles. The van der Waals surface area contributed by atoms with Gasteiger partial charge < -0.3 is 0 Å². The third kappa shape index (κ3) is 4.04. The number of nitrogens with one attached hydrogen (secondary N) is 1. The van der Waals surface area contributed by atoms with Crippen molar-refractivity contribution in [3.05, 3.63) is 34.9 Å². The van der Waals surface area contributed by atoms with Crippen molar-refractivity contribution in [2.24, 2.45) is 5.84 Å². The van der Waals surface area contributed by atoms with Gasteiger partial charge in [-0.3, -0.25) is 10.2 Å². The molecular formula is C11H15ClN2OS. The Morgan fingerprint density at radius 3 is 2.62 bits per heavy atom. The summed E-state index contributed by atoms with van der Waals surface area (Å²) in [7, 11) is 0. The fraction of sp³-hybridized carbons (Fsp3) is 0.364. The molecule has 3 N–H and O–H groups in total. The van der Waals surface area contributed by atoms with E-state index in [4.69, 9.17) is 17.4 Å². The zero-order valence-electron chi connectivity index (χ0n) is 9.07. The van der Waals surface area contributed by atoms with Crippen LogP contribution in [0.25, 0.3) is 0 Å². The molecule has 1 aromatic rings. The summed E-state index contributed by atoms with van der Waals surface area (Å²) in [5.41, 5.74) is 3.33. The van der Waals surface area contributed by atoms with Gasteiger partial charge in [-0.05, 0) is 24.1 Å². The van der Waals surface area contributed by atoms with Crippen molar-refractivity contribution >= 4 is 29.3 Å². The van der Waals surface area contributed by atoms with E-state index in [1.807, 2.05) is 31.2 Å². The molecule has 3 nitrogen and oxygen atoms in total. The predicted octanol–water partition coefficient (Wildman–Crippen LogP) is 2.34. The first-order valence-corrected chi connectivity index (χ1v) is 6.46. The highest BCUT2D eigenvalue weighted by molar-refractivity contribution is 7.99. The SMILES string of the molecule is CCC(SCc1ccc(Cl)cc1)C(=O)NN. The second-order valence-electron chi connectivity index (χ2n) is 3.34. The van der Waals surface area contributed by atoms with E-state index in [0.717, 1.165) is 22.8 Å². The summed E-state index contributed by atoms with van der Waals surface area (Å²) in [5.74, 6) is 5.76. The number of amides is 1. The van der Waals surface area contributed by atoms with Crippen LogP contribution in [0.3, 0.4) is 0 Å². The second-order valence-corrected chi connectivity index (χ2v) is 4.97. The molecule has 5 heteroatoms. The smallest absolute Gasteiger partial charge is 0.246 e. The lowest BCUT2D eigenvalue weighted by Gasteiger charge is -2.12. The number of halogens is 1. The third-order valence-corrected chi connectivity index (χ3v) is 3.87. The fourth-order valence-corrected chi connectivity index (χ4v) is 2.42. The average molecular weight is 259 g/mol. The molecule has 1 unspecified atom stereocenters. The molecule has 0 spiro atoms. The van der Waals surface area contributed by atoms with Crippen molar-refractivity contribution < 1.29 is 4.79 Å². The number of thioether (sulfide) groups is 1. The molecule has 1 amide bonds. The van der Waals surface area contributed by atoms with Gasteiger partial charge in [-0.25, -0.2) is 5.84 Å². The van der Waals surface area contributed by atoms with Gasteiger partial charge in [-0.15, -0.1) is 11.8 Å². The molecule has 0 fully saturated rings. The van der Waals surface area contributed by atoms with E-state index >= 15 is 0 Å². The molecule has 16 heavy (non-hydrogen) atoms. The summed E-state index contributed by atoms with van der Waals surface area (Å²) in [6.07, 6.45) is 0.765. The maximum atomic E-state index is 11.3. The normalized spacial score (nSPS) is 12.2. The van der Waals surface area contributed by atoms with Crippen LogP contribution >= 0.6 is 23.4 Å². The van der Waals surface area contributed by atoms with Crippen LogP contribution in [0.15, 0.2) is 24.3 Å². The molecule has 1 atom stereocenters. The molecule has 0 saturated heterocycles. The topological polar surface area (TPSA) is 55.1 Å². The van der Waals surface area contributed by atoms with E-state index in [-0.39, 0.29) is 11.2 Å². The third-order valence-electron chi connectivity index (χ3n) is 2.17. The van der Waals surface area contributed by atoms with Crippen molar-refractivity contribution in [2.75, 3.05) is 0 Å². The first-order valence-electron chi connectivity index (χ1n) is 5.04. The maximum Gasteiger partial charge on any atom is 0.246 e. The molecule has 1 aromatic carbocycles. The number of carbonyl (C=O) groups excluding carboxylic acids is 1. The number of carbonyl (C=O) groups is 1. The van der Waals surface area contributed by atoms with Crippen LogP contribution in [0, 0.1) is 0 Å². The number of hydrogen-bond donors (Lipinski definition) is 2. The predicted molar refractivity (Wildman–Crippen MR) is 69.2 cm³/mol. The highest BCUT2D eigenvalue weighted by Crippen LogP contribution is 2.21. The Bertz CT molecular complexity index is 342. The fourth-order valence-electron chi connectivity index (χ4n) is 1.25. The van der Waals surface area contributed by atoms with Gasteiger partial charge in [-0.2, -0.15) is 0 Å². The highest BCUT2D eigenvalue weighted by Gasteiger charge is 2.15. The summed E-state index contributed by atoms with van der Waals surface area (Å²) in [5, 5.41) is 0.626. The Labute approximate surface area is 105 Å². The van der Waals surface area contributed by atoms with Crippen LogP contribution in [0.4, 0.5) is 0 Å². The quantitative estimate of drug-likeness (QED) is 0.484. The van der Waals surface area contributed by atoms with Crippen molar-refractivity contribution in [2.45, 2.75) is 24.3 Å². The number of rotatable bonds is 5. The van der Waals surface area contributed by atoms with Gasteiger partial charge in [0.1, 0.15) is 0 Å². The Balaban J connectivity index is 2.49. The van der Waals surface area contributed by atoms with Crippen LogP contribution in [0.1, 0.15) is 18.9 Å². The van der Waals surface area contributed by atoms with E-state index in [0.29, 0.717) is 0 Å². The van der Waals surface area contributed by atoms with Gasteiger partial charge in [0, 0.05) is 10.8 Å². The Morgan fingerprint density at radius 1 is 1.50 bits per heavy atom. The van der Waals surface area contributed by atoms with Crippen LogP contribution in [0.2, 0.25) is 5.02 Å². The van der Waals surface area contributed by atoms with E-state index in [1.54, 1.807) is 11.8 Å². The van der Waals surface area contributed by atoms with E-state index in [2.05, 4.69) is 5.43 Å². The first-order chi connectivity index (χ1) is 7.67. The average Bonchev–Trinajstić information content (AvgIpc) is 2.31. The molecule has 0 bridgehead atoms. The minimum atomic E-state index is -0.124. The largest absolute Gasteiger partial charge is 0.293 e. The summed E-state index contributed by atoms with van der Waals surface area (Å²) >= 11 is 7.37. The van der Waals surface area contributed by atoms with Crippen LogP contribution < -0.4 is 11.3 Å². The van der Waals surface area contributed by atoms with Crippen LogP contribution in [0.5, 0.6) is 0 Å². The van der Waals surface area contributed by atoms with Crippen molar-refractivity contribution in [3.8, 4) is 0 Å². The maximum absolute atomic E-state index is 11.3. The number of hydrogen-bond acceptors (Lipinski definition) is 3. The van der Waals surface area contributed by atoms with Gasteiger partial charge in [0.2, 0.25) is 5.91 Å². The summed E-state index contributed by atoms with van der Waals surface area (Å²) < 4.78 is 0. The summed E-state index contributed by atoms with van der Waals surface area (Å²) in [6, 6.07) is 7.62. The number of hydrazine groups is 1. The standard InChI is InChI=1S/C11H15ClN2OS/c1-2-10(11(15)14-13)16-7-8-3-5-9(12)6-4-8/h3-6,10H,2,7,13H2,1H3,(H,14,15). The minimum absolute atomic E-state index is 0.0966. The molecule has 0 aliphatic rings. The van der Waals surface area contributed by atoms with Gasteiger partial charge in [-0.1, -0.05) is 30.7 Å². The van der Waals surface area contributed by atoms with E-state index in [9.17, 15) is 4.79 Å². The lowest BCUT2D eigenvalue weighted by atomic mass is 10.2. The van der Waals surface area contributed by atoms with Gasteiger partial charge in [0.25, 0.3) is 0 Å². The highest BCUT2D eigenvalue weighted by atomic mass is 35.5. The number of nitrogens with two attached hydrogens (primary N) is 1. The van der Waals surface area contributed by atoms with Crippen molar-refractivity contribution in [1.82, 2.24) is 5.43 Å². The molecular weight excluding hydrogens is 244 g/mol. The first kappa shape index (κ1) is 13.4. The van der Waals surface area contributed by atoms with Gasteiger partial charge in [0.15, 0.2) is 0 Å². The summed E-state index contributed by atoms with van der Waals surface area (Å²) in [4.78, 5) is 11.3. The second kappa shape index (κ2) is 6.78. The van der Waals surface area contributed by atoms with Crippen LogP contribution in [-0.4, -0.2) is 11.2 Å². The Kier molecular flexibility index (Phi) is 5.66. The van der Waals surface area contributed by atoms with Gasteiger partial charge in [0.05, 0.1) is 5.25 Å². The van der Waals surface area contributed by atoms with Crippen LogP contribution in [-0.2, 0) is 10.5 Å². The van der Waals surface area contributed by atoms with E-state index < -0.39 is 0 Å². The minimum Gasteiger partial charge on any atom is -0.293 e. The lowest BCUT2D eigenvalue weighted by molar-refractivity contribution is -0.120. The molecule has 0 radical (unpaired) electrons. The molecule has 0 aliphatic heterocycles. The zero-order valence-corrected chi connectivity index (χ0v) is 10.6.